The molecule has 0 aromatic carbocycles. The van der Waals surface area contributed by atoms with E-state index in [2.05, 4.69) is 33.0 Å². The molecule has 2 N–H and O–H groups in total. The zero-order chi connectivity index (χ0) is 11.4. The van der Waals surface area contributed by atoms with Gasteiger partial charge in [0, 0.05) is 17.0 Å². The van der Waals surface area contributed by atoms with Gasteiger partial charge in [0.2, 0.25) is 0 Å². The second-order valence-corrected chi connectivity index (χ2v) is 5.53. The Labute approximate surface area is 96.3 Å². The highest BCUT2D eigenvalue weighted by atomic mass is 32.1. The van der Waals surface area contributed by atoms with Crippen molar-refractivity contribution in [1.82, 2.24) is 5.32 Å². The van der Waals surface area contributed by atoms with Crippen LogP contribution < -0.4 is 5.32 Å². The van der Waals surface area contributed by atoms with Crippen LogP contribution in [0.5, 0.6) is 0 Å². The predicted octanol–water partition coefficient (Wildman–Crippen LogP) is 2.80. The van der Waals surface area contributed by atoms with Gasteiger partial charge in [0.1, 0.15) is 6.10 Å². The second kappa shape index (κ2) is 5.64. The lowest BCUT2D eigenvalue weighted by molar-refractivity contribution is 0.103. The Kier molecular flexibility index (Phi) is 4.77. The molecule has 0 spiro atoms. The lowest BCUT2D eigenvalue weighted by Crippen LogP contribution is -2.42. The van der Waals surface area contributed by atoms with Gasteiger partial charge in [-0.1, -0.05) is 33.8 Å². The van der Waals surface area contributed by atoms with Crippen molar-refractivity contribution >= 4 is 11.3 Å². The number of aliphatic hydroxyl groups excluding tert-OH is 1. The highest BCUT2D eigenvalue weighted by molar-refractivity contribution is 7.10. The summed E-state index contributed by atoms with van der Waals surface area (Å²) in [6.45, 7) is 8.49. The second-order valence-electron chi connectivity index (χ2n) is 4.55. The molecule has 0 fully saturated rings. The van der Waals surface area contributed by atoms with E-state index in [-0.39, 0.29) is 6.04 Å². The molecule has 2 atom stereocenters. The maximum atomic E-state index is 10.2. The van der Waals surface area contributed by atoms with Crippen molar-refractivity contribution in [3.05, 3.63) is 22.4 Å². The van der Waals surface area contributed by atoms with Gasteiger partial charge in [-0.25, -0.2) is 0 Å². The van der Waals surface area contributed by atoms with E-state index in [0.29, 0.717) is 12.0 Å². The van der Waals surface area contributed by atoms with E-state index in [4.69, 9.17) is 0 Å². The SMILES string of the molecule is CC(C)NC(C(C)C)C(O)c1cccs1. The third-order valence-corrected chi connectivity index (χ3v) is 3.36. The smallest absolute Gasteiger partial charge is 0.104 e. The molecule has 1 aromatic rings. The van der Waals surface area contributed by atoms with Crippen LogP contribution in [0.4, 0.5) is 0 Å². The number of hydrogen-bond acceptors (Lipinski definition) is 3. The Morgan fingerprint density at radius 2 is 1.93 bits per heavy atom. The Hall–Kier alpha value is -0.380. The van der Waals surface area contributed by atoms with Crippen LogP contribution in [0.15, 0.2) is 17.5 Å². The molecule has 86 valence electrons. The van der Waals surface area contributed by atoms with Gasteiger partial charge in [0.05, 0.1) is 0 Å². The first kappa shape index (κ1) is 12.7. The van der Waals surface area contributed by atoms with Gasteiger partial charge >= 0.3 is 0 Å². The molecule has 0 amide bonds. The summed E-state index contributed by atoms with van der Waals surface area (Å²) in [5, 5.41) is 15.7. The number of rotatable bonds is 5. The summed E-state index contributed by atoms with van der Waals surface area (Å²) in [7, 11) is 0. The minimum absolute atomic E-state index is 0.128. The molecule has 15 heavy (non-hydrogen) atoms. The van der Waals surface area contributed by atoms with Crippen molar-refractivity contribution in [2.75, 3.05) is 0 Å². The molecule has 1 aromatic heterocycles. The monoisotopic (exact) mass is 227 g/mol. The van der Waals surface area contributed by atoms with Crippen LogP contribution in [-0.4, -0.2) is 17.2 Å². The van der Waals surface area contributed by atoms with Crippen molar-refractivity contribution < 1.29 is 5.11 Å². The normalized spacial score (nSPS) is 15.9. The maximum absolute atomic E-state index is 10.2. The van der Waals surface area contributed by atoms with Gasteiger partial charge in [-0.15, -0.1) is 11.3 Å². The Morgan fingerprint density at radius 1 is 1.27 bits per heavy atom. The third-order valence-electron chi connectivity index (χ3n) is 2.42. The van der Waals surface area contributed by atoms with Gasteiger partial charge < -0.3 is 10.4 Å². The zero-order valence-corrected chi connectivity index (χ0v) is 10.7. The number of thiophene rings is 1. The van der Waals surface area contributed by atoms with E-state index >= 15 is 0 Å². The van der Waals surface area contributed by atoms with Crippen LogP contribution in [0.3, 0.4) is 0 Å². The first-order valence-corrected chi connectivity index (χ1v) is 6.38. The Balaban J connectivity index is 2.71. The number of nitrogens with one attached hydrogen (secondary N) is 1. The van der Waals surface area contributed by atoms with Crippen molar-refractivity contribution in [2.24, 2.45) is 5.92 Å². The molecular weight excluding hydrogens is 206 g/mol. The van der Waals surface area contributed by atoms with Crippen LogP contribution in [-0.2, 0) is 0 Å². The molecule has 0 radical (unpaired) electrons. The first-order valence-electron chi connectivity index (χ1n) is 5.50. The van der Waals surface area contributed by atoms with Crippen molar-refractivity contribution in [3.8, 4) is 0 Å². The zero-order valence-electron chi connectivity index (χ0n) is 9.90. The van der Waals surface area contributed by atoms with Crippen LogP contribution in [0.2, 0.25) is 0 Å². The molecule has 0 saturated heterocycles. The van der Waals surface area contributed by atoms with E-state index in [0.717, 1.165) is 4.88 Å². The summed E-state index contributed by atoms with van der Waals surface area (Å²) >= 11 is 1.61. The summed E-state index contributed by atoms with van der Waals surface area (Å²) < 4.78 is 0. The molecule has 0 aliphatic heterocycles. The highest BCUT2D eigenvalue weighted by Crippen LogP contribution is 2.25. The number of hydrogen-bond donors (Lipinski definition) is 2. The molecular formula is C12H21NOS. The summed E-state index contributed by atoms with van der Waals surface area (Å²) in [5.74, 6) is 0.421. The summed E-state index contributed by atoms with van der Waals surface area (Å²) in [6, 6.07) is 4.50. The third kappa shape index (κ3) is 3.59. The fourth-order valence-electron chi connectivity index (χ4n) is 1.67. The minimum atomic E-state index is -0.396. The molecule has 0 aliphatic rings. The molecule has 0 aliphatic carbocycles. The Bertz CT molecular complexity index is 269. The lowest BCUT2D eigenvalue weighted by Gasteiger charge is -2.28. The highest BCUT2D eigenvalue weighted by Gasteiger charge is 2.24. The Morgan fingerprint density at radius 3 is 2.33 bits per heavy atom. The fourth-order valence-corrected chi connectivity index (χ4v) is 2.43. The maximum Gasteiger partial charge on any atom is 0.104 e. The van der Waals surface area contributed by atoms with E-state index in [9.17, 15) is 5.11 Å². The predicted molar refractivity (Wildman–Crippen MR) is 66.2 cm³/mol. The summed E-state index contributed by atoms with van der Waals surface area (Å²) in [5.41, 5.74) is 0. The van der Waals surface area contributed by atoms with Gasteiger partial charge in [0.15, 0.2) is 0 Å². The van der Waals surface area contributed by atoms with Gasteiger partial charge in [-0.3, -0.25) is 0 Å². The first-order chi connectivity index (χ1) is 7.02. The van der Waals surface area contributed by atoms with E-state index in [1.807, 2.05) is 17.5 Å². The molecule has 0 saturated carbocycles. The topological polar surface area (TPSA) is 32.3 Å². The van der Waals surface area contributed by atoms with Crippen LogP contribution in [0.1, 0.15) is 38.7 Å². The van der Waals surface area contributed by atoms with Gasteiger partial charge in [0.25, 0.3) is 0 Å². The average Bonchev–Trinajstić information content (AvgIpc) is 2.65. The molecule has 2 unspecified atom stereocenters. The lowest BCUT2D eigenvalue weighted by atomic mass is 9.97. The van der Waals surface area contributed by atoms with Gasteiger partial charge in [-0.2, -0.15) is 0 Å². The quantitative estimate of drug-likeness (QED) is 0.810. The van der Waals surface area contributed by atoms with Crippen LogP contribution in [0, 0.1) is 5.92 Å². The van der Waals surface area contributed by atoms with Crippen molar-refractivity contribution in [1.29, 1.82) is 0 Å². The van der Waals surface area contributed by atoms with E-state index in [1.165, 1.54) is 0 Å². The summed E-state index contributed by atoms with van der Waals surface area (Å²) in [6.07, 6.45) is -0.396. The fraction of sp³-hybridized carbons (Fsp3) is 0.667. The molecule has 0 bridgehead atoms. The number of aliphatic hydroxyl groups is 1. The van der Waals surface area contributed by atoms with Crippen LogP contribution >= 0.6 is 11.3 Å². The molecule has 1 heterocycles. The van der Waals surface area contributed by atoms with E-state index in [1.54, 1.807) is 11.3 Å². The molecule has 2 nitrogen and oxygen atoms in total. The molecule has 1 rings (SSSR count). The molecule has 3 heteroatoms. The average molecular weight is 227 g/mol. The summed E-state index contributed by atoms with van der Waals surface area (Å²) in [4.78, 5) is 1.04. The standard InChI is InChI=1S/C12H21NOS/c1-8(2)11(13-9(3)4)12(14)10-6-5-7-15-10/h5-9,11-14H,1-4H3. The van der Waals surface area contributed by atoms with Crippen LogP contribution in [0.25, 0.3) is 0 Å². The van der Waals surface area contributed by atoms with E-state index < -0.39 is 6.10 Å². The minimum Gasteiger partial charge on any atom is -0.386 e. The van der Waals surface area contributed by atoms with Crippen molar-refractivity contribution in [2.45, 2.75) is 45.9 Å². The van der Waals surface area contributed by atoms with Gasteiger partial charge in [-0.05, 0) is 17.4 Å². The van der Waals surface area contributed by atoms with Crippen molar-refractivity contribution in [3.63, 3.8) is 0 Å². The largest absolute Gasteiger partial charge is 0.386 e.